The molecular weight excluding hydrogens is 411 g/mol. The number of alkyl halides is 2. The van der Waals surface area contributed by atoms with Crippen LogP contribution in [0.3, 0.4) is 0 Å². The smallest absolute Gasteiger partial charge is 0.306 e. The van der Waals surface area contributed by atoms with Gasteiger partial charge >= 0.3 is 28.6 Å². The molecule has 0 saturated carbocycles. The van der Waals surface area contributed by atoms with Crippen molar-refractivity contribution in [2.75, 3.05) is 6.61 Å². The lowest BCUT2D eigenvalue weighted by Crippen LogP contribution is -2.64. The van der Waals surface area contributed by atoms with E-state index in [0.717, 1.165) is 27.7 Å². The van der Waals surface area contributed by atoms with Crippen molar-refractivity contribution in [2.45, 2.75) is 56.9 Å². The molecule has 25 heavy (non-hydrogen) atoms. The van der Waals surface area contributed by atoms with Crippen molar-refractivity contribution in [1.82, 2.24) is 0 Å². The molecule has 0 bridgehead atoms. The Morgan fingerprint density at radius 2 is 1.40 bits per heavy atom. The fourth-order valence-electron chi connectivity index (χ4n) is 2.21. The topological polar surface area (TPSA) is 114 Å². The number of esters is 4. The second-order valence-corrected chi connectivity index (χ2v) is 6.28. The van der Waals surface area contributed by atoms with Gasteiger partial charge in [-0.05, 0) is 15.9 Å². The van der Waals surface area contributed by atoms with Crippen molar-refractivity contribution in [2.24, 2.45) is 0 Å². The van der Waals surface area contributed by atoms with E-state index in [-0.39, 0.29) is 0 Å². The van der Waals surface area contributed by atoms with Crippen LogP contribution < -0.4 is 0 Å². The van der Waals surface area contributed by atoms with Crippen LogP contribution in [0.4, 0.5) is 4.39 Å². The first kappa shape index (κ1) is 21.3. The van der Waals surface area contributed by atoms with Crippen molar-refractivity contribution < 1.29 is 47.3 Å². The summed E-state index contributed by atoms with van der Waals surface area (Å²) in [6, 6.07) is 0. The quantitative estimate of drug-likeness (QED) is 0.355. The van der Waals surface area contributed by atoms with Gasteiger partial charge in [0, 0.05) is 27.7 Å². The second-order valence-electron chi connectivity index (χ2n) is 5.20. The van der Waals surface area contributed by atoms with Crippen LogP contribution in [-0.2, 0) is 42.9 Å². The molecule has 0 aromatic heterocycles. The third kappa shape index (κ3) is 6.24. The van der Waals surface area contributed by atoms with E-state index in [1.807, 2.05) is 0 Å². The Bertz CT molecular complexity index is 550. The molecule has 0 aliphatic carbocycles. The van der Waals surface area contributed by atoms with E-state index < -0.39 is 59.7 Å². The molecule has 142 valence electrons. The second kappa shape index (κ2) is 8.56. The average molecular weight is 429 g/mol. The summed E-state index contributed by atoms with van der Waals surface area (Å²) < 4.78 is 36.8. The van der Waals surface area contributed by atoms with Gasteiger partial charge in [0.05, 0.1) is 0 Å². The van der Waals surface area contributed by atoms with E-state index in [1.165, 1.54) is 0 Å². The van der Waals surface area contributed by atoms with Crippen LogP contribution in [0.2, 0.25) is 0 Å². The van der Waals surface area contributed by atoms with Crippen LogP contribution in [0, 0.1) is 0 Å². The standard InChI is InChI=1S/C14H18BrFO9/c1-6(17)21-5-10-11(22-7(2)18)12(23-8(3)19)13(24-9(4)20)14(15,16)25-10/h10-13H,5H2,1-4H3/t10-,11-,12+,13-,14+/m1/s1. The predicted octanol–water partition coefficient (Wildman–Crippen LogP) is 0.762. The largest absolute Gasteiger partial charge is 0.463 e. The van der Waals surface area contributed by atoms with E-state index in [4.69, 9.17) is 23.7 Å². The molecule has 0 amide bonds. The number of halogens is 2. The maximum absolute atomic E-state index is 14.8. The third-order valence-electron chi connectivity index (χ3n) is 2.98. The van der Waals surface area contributed by atoms with Gasteiger partial charge in [-0.3, -0.25) is 19.2 Å². The zero-order valence-electron chi connectivity index (χ0n) is 13.9. The van der Waals surface area contributed by atoms with E-state index in [9.17, 15) is 23.6 Å². The Morgan fingerprint density at radius 3 is 1.84 bits per heavy atom. The van der Waals surface area contributed by atoms with Gasteiger partial charge in [0.2, 0.25) is 6.10 Å². The fourth-order valence-corrected chi connectivity index (χ4v) is 2.80. The van der Waals surface area contributed by atoms with Crippen LogP contribution in [0.5, 0.6) is 0 Å². The van der Waals surface area contributed by atoms with Gasteiger partial charge in [0.25, 0.3) is 0 Å². The molecule has 0 aromatic carbocycles. The summed E-state index contributed by atoms with van der Waals surface area (Å²) in [4.78, 5) is 45.0. The number of carbonyl (C=O) groups excluding carboxylic acids is 4. The Morgan fingerprint density at radius 1 is 0.920 bits per heavy atom. The third-order valence-corrected chi connectivity index (χ3v) is 3.61. The molecule has 1 heterocycles. The molecule has 0 spiro atoms. The molecule has 0 unspecified atom stereocenters. The summed E-state index contributed by atoms with van der Waals surface area (Å²) in [5.74, 6) is -3.19. The highest BCUT2D eigenvalue weighted by Crippen LogP contribution is 2.40. The van der Waals surface area contributed by atoms with Crippen LogP contribution in [-0.4, -0.2) is 59.7 Å². The molecule has 0 radical (unpaired) electrons. The molecule has 11 heteroatoms. The molecule has 5 atom stereocenters. The van der Waals surface area contributed by atoms with Crippen LogP contribution in [0.15, 0.2) is 0 Å². The first-order valence-electron chi connectivity index (χ1n) is 7.14. The molecule has 1 fully saturated rings. The Balaban J connectivity index is 3.24. The molecule has 1 aliphatic rings. The Hall–Kier alpha value is -1.75. The number of rotatable bonds is 5. The zero-order valence-corrected chi connectivity index (χ0v) is 15.5. The summed E-state index contributed by atoms with van der Waals surface area (Å²) in [5, 5.41) is 0. The average Bonchev–Trinajstić information content (AvgIpc) is 2.42. The van der Waals surface area contributed by atoms with Gasteiger partial charge in [0.15, 0.2) is 12.2 Å². The highest BCUT2D eigenvalue weighted by Gasteiger charge is 2.59. The summed E-state index contributed by atoms with van der Waals surface area (Å²) >= 11 is 2.62. The summed E-state index contributed by atoms with van der Waals surface area (Å²) in [6.45, 7) is 3.75. The van der Waals surface area contributed by atoms with Gasteiger partial charge in [-0.15, -0.1) is 0 Å². The molecule has 1 saturated heterocycles. The normalized spacial score (nSPS) is 31.6. The lowest BCUT2D eigenvalue weighted by Gasteiger charge is -2.45. The highest BCUT2D eigenvalue weighted by molar-refractivity contribution is 9.10. The summed E-state index contributed by atoms with van der Waals surface area (Å²) in [7, 11) is 0. The first-order valence-corrected chi connectivity index (χ1v) is 7.94. The number of hydrogen-bond donors (Lipinski definition) is 0. The van der Waals surface area contributed by atoms with Gasteiger partial charge in [-0.2, -0.15) is 4.39 Å². The lowest BCUT2D eigenvalue weighted by molar-refractivity contribution is -0.288. The van der Waals surface area contributed by atoms with Gasteiger partial charge < -0.3 is 23.7 Å². The monoisotopic (exact) mass is 428 g/mol. The van der Waals surface area contributed by atoms with Crippen molar-refractivity contribution in [1.29, 1.82) is 0 Å². The van der Waals surface area contributed by atoms with Crippen molar-refractivity contribution in [3.63, 3.8) is 0 Å². The number of ether oxygens (including phenoxy) is 5. The molecule has 0 N–H and O–H groups in total. The lowest BCUT2D eigenvalue weighted by atomic mass is 9.98. The SMILES string of the molecule is CC(=O)OC[C@H]1O[C@](F)(Br)[C@H](OC(C)=O)[C@@H](OC(C)=O)[C@@H]1OC(C)=O. The summed E-state index contributed by atoms with van der Waals surface area (Å²) in [6.07, 6.45) is -6.02. The molecule has 1 rings (SSSR count). The minimum Gasteiger partial charge on any atom is -0.463 e. The maximum atomic E-state index is 14.8. The Kier molecular flexibility index (Phi) is 7.29. The highest BCUT2D eigenvalue weighted by atomic mass is 79.9. The predicted molar refractivity (Wildman–Crippen MR) is 80.9 cm³/mol. The van der Waals surface area contributed by atoms with Crippen LogP contribution in [0.1, 0.15) is 27.7 Å². The number of hydrogen-bond acceptors (Lipinski definition) is 9. The van der Waals surface area contributed by atoms with Gasteiger partial charge in [0.1, 0.15) is 12.7 Å². The minimum absolute atomic E-state index is 0.491. The fraction of sp³-hybridized carbons (Fsp3) is 0.714. The summed E-state index contributed by atoms with van der Waals surface area (Å²) in [5.41, 5.74) is 0. The molecule has 1 aliphatic heterocycles. The van der Waals surface area contributed by atoms with Gasteiger partial charge in [-0.1, -0.05) is 0 Å². The van der Waals surface area contributed by atoms with E-state index in [2.05, 4.69) is 15.9 Å². The first-order chi connectivity index (χ1) is 11.4. The maximum Gasteiger partial charge on any atom is 0.306 e. The molecule has 0 aromatic rings. The van der Waals surface area contributed by atoms with Crippen molar-refractivity contribution in [3.05, 3.63) is 0 Å². The van der Waals surface area contributed by atoms with E-state index >= 15 is 0 Å². The zero-order chi connectivity index (χ0) is 19.4. The van der Waals surface area contributed by atoms with E-state index in [1.54, 1.807) is 0 Å². The van der Waals surface area contributed by atoms with Gasteiger partial charge in [-0.25, -0.2) is 0 Å². The van der Waals surface area contributed by atoms with Crippen molar-refractivity contribution >= 4 is 39.8 Å². The molecular formula is C14H18BrFO9. The minimum atomic E-state index is -2.78. The van der Waals surface area contributed by atoms with Crippen LogP contribution in [0.25, 0.3) is 0 Å². The molecule has 9 nitrogen and oxygen atoms in total. The number of carbonyl (C=O) groups is 4. The Labute approximate surface area is 151 Å². The van der Waals surface area contributed by atoms with Crippen molar-refractivity contribution in [3.8, 4) is 0 Å². The van der Waals surface area contributed by atoms with E-state index in [0.29, 0.717) is 0 Å². The van der Waals surface area contributed by atoms with Crippen LogP contribution >= 0.6 is 15.9 Å².